The van der Waals surface area contributed by atoms with Gasteiger partial charge in [0.1, 0.15) is 0 Å². The van der Waals surface area contributed by atoms with Crippen molar-refractivity contribution in [3.05, 3.63) is 32.5 Å². The minimum absolute atomic E-state index is 0.0840. The second-order valence-corrected chi connectivity index (χ2v) is 4.60. The molecule has 2 nitrogen and oxygen atoms in total. The van der Waals surface area contributed by atoms with Crippen molar-refractivity contribution in [3.63, 3.8) is 0 Å². The maximum Gasteiger partial charge on any atom is 0.0772 e. The smallest absolute Gasteiger partial charge is 0.0772 e. The third-order valence-electron chi connectivity index (χ3n) is 1.83. The number of hydrogen-bond acceptors (Lipinski definition) is 2. The zero-order valence-corrected chi connectivity index (χ0v) is 11.0. The highest BCUT2D eigenvalue weighted by Crippen LogP contribution is 2.21. The first-order valence-corrected chi connectivity index (χ1v) is 5.87. The monoisotopic (exact) mass is 319 g/mol. The molecule has 0 atom stereocenters. The summed E-state index contributed by atoms with van der Waals surface area (Å²) >= 11 is 6.75. The zero-order chi connectivity index (χ0) is 10.6. The van der Waals surface area contributed by atoms with Gasteiger partial charge in [-0.05, 0) is 56.0 Å². The van der Waals surface area contributed by atoms with Gasteiger partial charge < -0.3 is 5.11 Å². The Morgan fingerprint density at radius 1 is 1.57 bits per heavy atom. The Bertz CT molecular complexity index is 344. The normalized spacial score (nSPS) is 11.9. The Morgan fingerprint density at radius 3 is 2.79 bits per heavy atom. The van der Waals surface area contributed by atoms with Crippen LogP contribution in [0.1, 0.15) is 19.0 Å². The van der Waals surface area contributed by atoms with Crippen LogP contribution in [0.15, 0.2) is 26.8 Å². The van der Waals surface area contributed by atoms with Gasteiger partial charge in [-0.1, -0.05) is 6.92 Å². The highest BCUT2D eigenvalue weighted by molar-refractivity contribution is 9.11. The molecule has 1 rings (SSSR count). The molecule has 1 heterocycles. The van der Waals surface area contributed by atoms with Gasteiger partial charge in [-0.15, -0.1) is 0 Å². The van der Waals surface area contributed by atoms with Crippen molar-refractivity contribution in [1.82, 2.24) is 4.98 Å². The van der Waals surface area contributed by atoms with Crippen LogP contribution in [0, 0.1) is 0 Å². The largest absolute Gasteiger partial charge is 0.392 e. The number of aromatic nitrogens is 1. The first-order chi connectivity index (χ1) is 6.67. The highest BCUT2D eigenvalue weighted by atomic mass is 79.9. The molecular weight excluding hydrogens is 310 g/mol. The van der Waals surface area contributed by atoms with Crippen molar-refractivity contribution in [2.45, 2.75) is 13.3 Å². The van der Waals surface area contributed by atoms with E-state index in [0.717, 1.165) is 26.6 Å². The van der Waals surface area contributed by atoms with Gasteiger partial charge in [0.15, 0.2) is 0 Å². The van der Waals surface area contributed by atoms with Crippen molar-refractivity contribution in [3.8, 4) is 0 Å². The van der Waals surface area contributed by atoms with Gasteiger partial charge in [0, 0.05) is 15.1 Å². The van der Waals surface area contributed by atoms with Crippen molar-refractivity contribution >= 4 is 37.9 Å². The molecule has 0 bridgehead atoms. The molecule has 76 valence electrons. The summed E-state index contributed by atoms with van der Waals surface area (Å²) in [4.78, 5) is 4.23. The molecule has 0 fully saturated rings. The summed E-state index contributed by atoms with van der Waals surface area (Å²) in [5.41, 5.74) is 1.82. The number of hydrogen-bond donors (Lipinski definition) is 1. The quantitative estimate of drug-likeness (QED) is 0.926. The fourth-order valence-electron chi connectivity index (χ4n) is 0.984. The van der Waals surface area contributed by atoms with E-state index in [1.165, 1.54) is 0 Å². The minimum Gasteiger partial charge on any atom is -0.392 e. The molecule has 0 saturated heterocycles. The molecule has 0 aliphatic carbocycles. The van der Waals surface area contributed by atoms with E-state index in [4.69, 9.17) is 5.11 Å². The molecule has 1 N–H and O–H groups in total. The maximum atomic E-state index is 9.01. The summed E-state index contributed by atoms with van der Waals surface area (Å²) in [6, 6.07) is 1.93. The van der Waals surface area contributed by atoms with Crippen LogP contribution in [0.5, 0.6) is 0 Å². The van der Waals surface area contributed by atoms with E-state index < -0.39 is 0 Å². The van der Waals surface area contributed by atoms with E-state index >= 15 is 0 Å². The standard InChI is InChI=1S/C10H11Br2NO/c1-2-7(6-14)3-10-9(12)4-8(11)5-13-10/h3-5,14H,2,6H2,1H3. The van der Waals surface area contributed by atoms with E-state index in [0.29, 0.717) is 0 Å². The molecule has 0 amide bonds. The molecule has 0 unspecified atom stereocenters. The van der Waals surface area contributed by atoms with Crippen LogP contribution in [-0.4, -0.2) is 16.7 Å². The average molecular weight is 321 g/mol. The third kappa shape index (κ3) is 3.19. The van der Waals surface area contributed by atoms with Crippen LogP contribution in [0.4, 0.5) is 0 Å². The Labute approximate surface area is 100 Å². The van der Waals surface area contributed by atoms with Crippen LogP contribution >= 0.6 is 31.9 Å². The lowest BCUT2D eigenvalue weighted by Gasteiger charge is -2.02. The first kappa shape index (κ1) is 11.9. The molecule has 0 saturated carbocycles. The van der Waals surface area contributed by atoms with Gasteiger partial charge >= 0.3 is 0 Å². The molecule has 1 aromatic rings. The van der Waals surface area contributed by atoms with E-state index in [9.17, 15) is 0 Å². The number of pyridine rings is 1. The fraction of sp³-hybridized carbons (Fsp3) is 0.300. The lowest BCUT2D eigenvalue weighted by atomic mass is 10.2. The van der Waals surface area contributed by atoms with Gasteiger partial charge in [0.05, 0.1) is 12.3 Å². The maximum absolute atomic E-state index is 9.01. The summed E-state index contributed by atoms with van der Waals surface area (Å²) in [7, 11) is 0. The van der Waals surface area contributed by atoms with Crippen LogP contribution < -0.4 is 0 Å². The fourth-order valence-corrected chi connectivity index (χ4v) is 2.09. The lowest BCUT2D eigenvalue weighted by Crippen LogP contribution is -1.90. The summed E-state index contributed by atoms with van der Waals surface area (Å²) < 4.78 is 1.86. The Kier molecular flexibility index (Phi) is 4.78. The topological polar surface area (TPSA) is 33.1 Å². The average Bonchev–Trinajstić information content (AvgIpc) is 2.17. The SMILES string of the molecule is CCC(=Cc1ncc(Br)cc1Br)CO. The molecule has 0 aliphatic rings. The molecule has 0 radical (unpaired) electrons. The van der Waals surface area contributed by atoms with Crippen molar-refractivity contribution in [1.29, 1.82) is 0 Å². The van der Waals surface area contributed by atoms with Crippen LogP contribution in [0.25, 0.3) is 6.08 Å². The Balaban J connectivity index is 3.02. The van der Waals surface area contributed by atoms with Crippen molar-refractivity contribution < 1.29 is 5.11 Å². The highest BCUT2D eigenvalue weighted by Gasteiger charge is 2.00. The molecule has 0 aromatic carbocycles. The summed E-state index contributed by atoms with van der Waals surface area (Å²) in [6.07, 6.45) is 4.47. The molecular formula is C10H11Br2NO. The lowest BCUT2D eigenvalue weighted by molar-refractivity contribution is 0.329. The van der Waals surface area contributed by atoms with Crippen LogP contribution in [0.2, 0.25) is 0 Å². The van der Waals surface area contributed by atoms with E-state index in [2.05, 4.69) is 36.8 Å². The van der Waals surface area contributed by atoms with Gasteiger partial charge in [-0.25, -0.2) is 0 Å². The van der Waals surface area contributed by atoms with Crippen molar-refractivity contribution in [2.75, 3.05) is 6.61 Å². The summed E-state index contributed by atoms with van der Waals surface area (Å²) in [6.45, 7) is 2.09. The zero-order valence-electron chi connectivity index (χ0n) is 7.80. The molecule has 14 heavy (non-hydrogen) atoms. The molecule has 4 heteroatoms. The van der Waals surface area contributed by atoms with E-state index in [1.54, 1.807) is 6.20 Å². The third-order valence-corrected chi connectivity index (χ3v) is 2.90. The predicted octanol–water partition coefficient (Wildman–Crippen LogP) is 3.39. The number of nitrogens with zero attached hydrogens (tertiary/aromatic N) is 1. The number of aliphatic hydroxyl groups is 1. The van der Waals surface area contributed by atoms with E-state index in [-0.39, 0.29) is 6.61 Å². The number of halogens is 2. The van der Waals surface area contributed by atoms with Crippen molar-refractivity contribution in [2.24, 2.45) is 0 Å². The number of rotatable bonds is 3. The summed E-state index contributed by atoms with van der Waals surface area (Å²) in [5.74, 6) is 0. The van der Waals surface area contributed by atoms with Gasteiger partial charge in [0.25, 0.3) is 0 Å². The second kappa shape index (κ2) is 5.63. The minimum atomic E-state index is 0.0840. The van der Waals surface area contributed by atoms with Crippen LogP contribution in [-0.2, 0) is 0 Å². The first-order valence-electron chi connectivity index (χ1n) is 4.28. The Morgan fingerprint density at radius 2 is 2.29 bits per heavy atom. The number of aliphatic hydroxyl groups excluding tert-OH is 1. The Hall–Kier alpha value is -0.190. The molecule has 1 aromatic heterocycles. The molecule has 0 spiro atoms. The van der Waals surface area contributed by atoms with Crippen LogP contribution in [0.3, 0.4) is 0 Å². The van der Waals surface area contributed by atoms with E-state index in [1.807, 2.05) is 19.1 Å². The predicted molar refractivity (Wildman–Crippen MR) is 65.0 cm³/mol. The second-order valence-electron chi connectivity index (χ2n) is 2.83. The molecule has 0 aliphatic heterocycles. The van der Waals surface area contributed by atoms with Gasteiger partial charge in [-0.2, -0.15) is 0 Å². The summed E-state index contributed by atoms with van der Waals surface area (Å²) in [5, 5.41) is 9.01. The van der Waals surface area contributed by atoms with Gasteiger partial charge in [0.2, 0.25) is 0 Å². The van der Waals surface area contributed by atoms with Gasteiger partial charge in [-0.3, -0.25) is 4.98 Å².